The minimum atomic E-state index is 0.146. The molecule has 1 aromatic rings. The zero-order chi connectivity index (χ0) is 14.1. The van der Waals surface area contributed by atoms with E-state index in [0.29, 0.717) is 5.41 Å². The molecule has 2 rings (SSSR count). The summed E-state index contributed by atoms with van der Waals surface area (Å²) in [6.45, 7) is 9.02. The molecule has 2 nitrogen and oxygen atoms in total. The van der Waals surface area contributed by atoms with Crippen LogP contribution >= 0.6 is 11.3 Å². The molecule has 0 bridgehead atoms. The summed E-state index contributed by atoms with van der Waals surface area (Å²) in [5, 5.41) is 3.41. The molecule has 0 radical (unpaired) electrons. The number of nitrogens with two attached hydrogens (primary N) is 1. The molecule has 1 fully saturated rings. The molecule has 19 heavy (non-hydrogen) atoms. The van der Waals surface area contributed by atoms with Gasteiger partial charge in [-0.05, 0) is 18.3 Å². The van der Waals surface area contributed by atoms with Crippen LogP contribution in [0.3, 0.4) is 0 Å². The summed E-state index contributed by atoms with van der Waals surface area (Å²) in [6.07, 6.45) is 7.58. The van der Waals surface area contributed by atoms with Crippen LogP contribution in [0, 0.1) is 5.41 Å². The summed E-state index contributed by atoms with van der Waals surface area (Å²) in [5.41, 5.74) is 8.17. The van der Waals surface area contributed by atoms with Gasteiger partial charge in [0, 0.05) is 23.3 Å². The van der Waals surface area contributed by atoms with E-state index in [9.17, 15) is 0 Å². The molecule has 0 aliphatic heterocycles. The SMILES string of the molecule is CC(C)(C)c1csc(CC(N)C2(C)CCCCC2)n1. The smallest absolute Gasteiger partial charge is 0.0944 e. The molecule has 1 aliphatic rings. The molecule has 0 amide bonds. The minimum absolute atomic E-state index is 0.146. The Morgan fingerprint density at radius 2 is 1.95 bits per heavy atom. The number of nitrogens with zero attached hydrogens (tertiary/aromatic N) is 1. The minimum Gasteiger partial charge on any atom is -0.327 e. The number of aromatic nitrogens is 1. The maximum atomic E-state index is 6.50. The Balaban J connectivity index is 2.02. The van der Waals surface area contributed by atoms with Gasteiger partial charge in [0.1, 0.15) is 0 Å². The average molecular weight is 280 g/mol. The van der Waals surface area contributed by atoms with E-state index in [1.807, 2.05) is 0 Å². The Hall–Kier alpha value is -0.410. The second kappa shape index (κ2) is 5.53. The second-order valence-electron chi connectivity index (χ2n) is 7.40. The van der Waals surface area contributed by atoms with E-state index in [1.54, 1.807) is 11.3 Å². The molecule has 0 spiro atoms. The van der Waals surface area contributed by atoms with E-state index in [0.717, 1.165) is 6.42 Å². The molecule has 1 aromatic heterocycles. The first-order valence-corrected chi connectivity index (χ1v) is 8.40. The van der Waals surface area contributed by atoms with Crippen molar-refractivity contribution in [2.24, 2.45) is 11.1 Å². The van der Waals surface area contributed by atoms with Crippen LogP contribution in [0.1, 0.15) is 70.5 Å². The van der Waals surface area contributed by atoms with Gasteiger partial charge in [0.25, 0.3) is 0 Å². The van der Waals surface area contributed by atoms with Gasteiger partial charge in [-0.15, -0.1) is 11.3 Å². The summed E-state index contributed by atoms with van der Waals surface area (Å²) in [7, 11) is 0. The van der Waals surface area contributed by atoms with Crippen molar-refractivity contribution in [3.05, 3.63) is 16.1 Å². The van der Waals surface area contributed by atoms with Crippen molar-refractivity contribution in [2.75, 3.05) is 0 Å². The van der Waals surface area contributed by atoms with Crippen molar-refractivity contribution in [3.8, 4) is 0 Å². The topological polar surface area (TPSA) is 38.9 Å². The highest BCUT2D eigenvalue weighted by Crippen LogP contribution is 2.39. The molecule has 1 unspecified atom stereocenters. The van der Waals surface area contributed by atoms with Crippen LogP contribution in [0.2, 0.25) is 0 Å². The fourth-order valence-corrected chi connectivity index (χ4v) is 3.99. The van der Waals surface area contributed by atoms with E-state index in [-0.39, 0.29) is 11.5 Å². The summed E-state index contributed by atoms with van der Waals surface area (Å²) < 4.78 is 0. The molecular formula is C16H28N2S. The normalized spacial score (nSPS) is 21.3. The van der Waals surface area contributed by atoms with Crippen LogP contribution in [-0.4, -0.2) is 11.0 Å². The van der Waals surface area contributed by atoms with Gasteiger partial charge in [-0.3, -0.25) is 0 Å². The highest BCUT2D eigenvalue weighted by Gasteiger charge is 2.33. The van der Waals surface area contributed by atoms with Crippen LogP contribution in [0.5, 0.6) is 0 Å². The standard InChI is InChI=1S/C16H28N2S/c1-15(2,3)13-11-19-14(18-13)10-12(17)16(4)8-6-5-7-9-16/h11-12H,5-10,17H2,1-4H3. The molecule has 1 aliphatic carbocycles. The fraction of sp³-hybridized carbons (Fsp3) is 0.812. The first-order valence-electron chi connectivity index (χ1n) is 7.52. The first-order chi connectivity index (χ1) is 8.81. The third-order valence-corrected chi connectivity index (χ3v) is 5.48. The highest BCUT2D eigenvalue weighted by molar-refractivity contribution is 7.09. The lowest BCUT2D eigenvalue weighted by atomic mass is 9.70. The predicted octanol–water partition coefficient (Wildman–Crippen LogP) is 4.28. The molecule has 3 heteroatoms. The molecule has 2 N–H and O–H groups in total. The van der Waals surface area contributed by atoms with Gasteiger partial charge in [-0.2, -0.15) is 0 Å². The summed E-state index contributed by atoms with van der Waals surface area (Å²) in [6, 6.07) is 0.256. The third-order valence-electron chi connectivity index (χ3n) is 4.61. The molecular weight excluding hydrogens is 252 g/mol. The largest absolute Gasteiger partial charge is 0.327 e. The van der Waals surface area contributed by atoms with Gasteiger partial charge in [0.15, 0.2) is 0 Å². The maximum Gasteiger partial charge on any atom is 0.0944 e. The third kappa shape index (κ3) is 3.57. The van der Waals surface area contributed by atoms with Crippen LogP contribution in [0.4, 0.5) is 0 Å². The summed E-state index contributed by atoms with van der Waals surface area (Å²) >= 11 is 1.78. The zero-order valence-corrected chi connectivity index (χ0v) is 13.6. The summed E-state index contributed by atoms with van der Waals surface area (Å²) in [4.78, 5) is 4.79. The van der Waals surface area contributed by atoms with Crippen LogP contribution in [0.15, 0.2) is 5.38 Å². The van der Waals surface area contributed by atoms with Gasteiger partial charge in [0.05, 0.1) is 10.7 Å². The Labute approximate surface area is 121 Å². The summed E-state index contributed by atoms with van der Waals surface area (Å²) in [5.74, 6) is 0. The van der Waals surface area contributed by atoms with Gasteiger partial charge in [-0.1, -0.05) is 47.0 Å². The second-order valence-corrected chi connectivity index (χ2v) is 8.34. The Kier molecular flexibility index (Phi) is 4.36. The van der Waals surface area contributed by atoms with Crippen LogP contribution in [0.25, 0.3) is 0 Å². The Morgan fingerprint density at radius 3 is 2.47 bits per heavy atom. The van der Waals surface area contributed by atoms with Crippen molar-refractivity contribution in [3.63, 3.8) is 0 Å². The van der Waals surface area contributed by atoms with E-state index in [1.165, 1.54) is 42.8 Å². The molecule has 1 heterocycles. The predicted molar refractivity (Wildman–Crippen MR) is 83.7 cm³/mol. The van der Waals surface area contributed by atoms with Gasteiger partial charge in [0.2, 0.25) is 0 Å². The molecule has 1 atom stereocenters. The molecule has 0 saturated heterocycles. The van der Waals surface area contributed by atoms with Crippen molar-refractivity contribution in [1.82, 2.24) is 4.98 Å². The maximum absolute atomic E-state index is 6.50. The lowest BCUT2D eigenvalue weighted by molar-refractivity contribution is 0.168. The van der Waals surface area contributed by atoms with Crippen molar-refractivity contribution >= 4 is 11.3 Å². The Morgan fingerprint density at radius 1 is 1.32 bits per heavy atom. The van der Waals surface area contributed by atoms with E-state index < -0.39 is 0 Å². The van der Waals surface area contributed by atoms with Crippen molar-refractivity contribution in [1.29, 1.82) is 0 Å². The highest BCUT2D eigenvalue weighted by atomic mass is 32.1. The van der Waals surface area contributed by atoms with Crippen LogP contribution in [-0.2, 0) is 11.8 Å². The van der Waals surface area contributed by atoms with Gasteiger partial charge < -0.3 is 5.73 Å². The van der Waals surface area contributed by atoms with Gasteiger partial charge in [-0.25, -0.2) is 4.98 Å². The Bertz CT molecular complexity index is 411. The monoisotopic (exact) mass is 280 g/mol. The lowest BCUT2D eigenvalue weighted by Gasteiger charge is -2.38. The number of thiazole rings is 1. The first kappa shape index (κ1) is 15.0. The number of rotatable bonds is 3. The van der Waals surface area contributed by atoms with E-state index >= 15 is 0 Å². The average Bonchev–Trinajstić information content (AvgIpc) is 2.78. The van der Waals surface area contributed by atoms with E-state index in [2.05, 4.69) is 33.1 Å². The van der Waals surface area contributed by atoms with Crippen LogP contribution < -0.4 is 5.73 Å². The number of hydrogen-bond donors (Lipinski definition) is 1. The molecule has 0 aromatic carbocycles. The fourth-order valence-electron chi connectivity index (χ4n) is 2.91. The van der Waals surface area contributed by atoms with Gasteiger partial charge >= 0.3 is 0 Å². The lowest BCUT2D eigenvalue weighted by Crippen LogP contribution is -2.42. The van der Waals surface area contributed by atoms with Crippen molar-refractivity contribution in [2.45, 2.75) is 77.7 Å². The number of hydrogen-bond acceptors (Lipinski definition) is 3. The quantitative estimate of drug-likeness (QED) is 0.897. The zero-order valence-electron chi connectivity index (χ0n) is 12.8. The van der Waals surface area contributed by atoms with E-state index in [4.69, 9.17) is 10.7 Å². The molecule has 108 valence electrons. The van der Waals surface area contributed by atoms with Crippen molar-refractivity contribution < 1.29 is 0 Å². The molecule has 1 saturated carbocycles.